The molecule has 0 saturated carbocycles. The van der Waals surface area contributed by atoms with E-state index in [1.165, 1.54) is 36.4 Å². The molecule has 3 rings (SSSR count). The third-order valence-corrected chi connectivity index (χ3v) is 4.64. The second-order valence-corrected chi connectivity index (χ2v) is 6.84. The van der Waals surface area contributed by atoms with Gasteiger partial charge in [0.15, 0.2) is 0 Å². The highest BCUT2D eigenvalue weighted by Crippen LogP contribution is 2.29. The van der Waals surface area contributed by atoms with Crippen LogP contribution in [0.15, 0.2) is 58.5 Å². The van der Waals surface area contributed by atoms with Crippen LogP contribution in [0.1, 0.15) is 16.9 Å². The van der Waals surface area contributed by atoms with E-state index in [4.69, 9.17) is 4.42 Å². The van der Waals surface area contributed by atoms with Crippen LogP contribution in [0, 0.1) is 45.4 Å². The number of nitro groups is 2. The lowest BCUT2D eigenvalue weighted by Crippen LogP contribution is -2.14. The molecule has 0 aliphatic rings. The molecule has 3 aromatic rings. The van der Waals surface area contributed by atoms with Crippen molar-refractivity contribution in [2.45, 2.75) is 13.8 Å². The van der Waals surface area contributed by atoms with Crippen LogP contribution in [0.2, 0.25) is 0 Å². The summed E-state index contributed by atoms with van der Waals surface area (Å²) in [4.78, 5) is 33.3. The Balaban J connectivity index is 1.85. The lowest BCUT2D eigenvalue weighted by molar-refractivity contribution is -0.385. The third kappa shape index (κ3) is 4.68. The first-order valence-corrected chi connectivity index (χ1v) is 9.23. The first-order valence-electron chi connectivity index (χ1n) is 9.23. The highest BCUT2D eigenvalue weighted by molar-refractivity contribution is 6.09. The monoisotopic (exact) mass is 432 g/mol. The molecule has 2 aromatic carbocycles. The zero-order chi connectivity index (χ0) is 23.4. The average Bonchev–Trinajstić information content (AvgIpc) is 3.21. The summed E-state index contributed by atoms with van der Waals surface area (Å²) in [5.74, 6) is -0.114. The summed E-state index contributed by atoms with van der Waals surface area (Å²) in [6, 6.07) is 13.3. The number of anilines is 1. The van der Waals surface area contributed by atoms with E-state index < -0.39 is 15.8 Å². The van der Waals surface area contributed by atoms with Crippen molar-refractivity contribution in [1.82, 2.24) is 0 Å². The SMILES string of the molecule is Cc1ccc([N+](=O)[O-])cc1NC(=O)/C(C#N)=C/c1ccc(-c2ccc([N+](=O)[O-])cc2C)o1. The number of nitriles is 1. The molecule has 0 saturated heterocycles. The first kappa shape index (κ1) is 21.9. The zero-order valence-corrected chi connectivity index (χ0v) is 17.0. The van der Waals surface area contributed by atoms with Gasteiger partial charge in [-0.05, 0) is 43.2 Å². The van der Waals surface area contributed by atoms with E-state index >= 15 is 0 Å². The van der Waals surface area contributed by atoms with Crippen molar-refractivity contribution in [1.29, 1.82) is 5.26 Å². The highest BCUT2D eigenvalue weighted by atomic mass is 16.6. The maximum Gasteiger partial charge on any atom is 0.271 e. The van der Waals surface area contributed by atoms with Crippen molar-refractivity contribution in [2.75, 3.05) is 5.32 Å². The number of nitrogens with zero attached hydrogens (tertiary/aromatic N) is 3. The van der Waals surface area contributed by atoms with Crippen LogP contribution < -0.4 is 5.32 Å². The normalized spacial score (nSPS) is 11.0. The molecule has 0 aliphatic heterocycles. The van der Waals surface area contributed by atoms with E-state index in [1.807, 2.05) is 0 Å². The first-order chi connectivity index (χ1) is 15.2. The number of carbonyl (C=O) groups excluding carboxylic acids is 1. The Hall–Kier alpha value is -4.78. The number of rotatable bonds is 6. The van der Waals surface area contributed by atoms with E-state index in [2.05, 4.69) is 5.32 Å². The number of non-ortho nitro benzene ring substituents is 2. The minimum Gasteiger partial charge on any atom is -0.457 e. The number of amides is 1. The van der Waals surface area contributed by atoms with Gasteiger partial charge in [-0.3, -0.25) is 25.0 Å². The predicted molar refractivity (Wildman–Crippen MR) is 116 cm³/mol. The van der Waals surface area contributed by atoms with E-state index in [0.29, 0.717) is 22.5 Å². The van der Waals surface area contributed by atoms with E-state index in [-0.39, 0.29) is 28.4 Å². The Morgan fingerprint density at radius 2 is 1.66 bits per heavy atom. The molecule has 10 nitrogen and oxygen atoms in total. The van der Waals surface area contributed by atoms with E-state index in [9.17, 15) is 30.3 Å². The smallest absolute Gasteiger partial charge is 0.271 e. The van der Waals surface area contributed by atoms with Gasteiger partial charge in [0.2, 0.25) is 0 Å². The Morgan fingerprint density at radius 1 is 1.00 bits per heavy atom. The van der Waals surface area contributed by atoms with Gasteiger partial charge in [0.1, 0.15) is 23.2 Å². The van der Waals surface area contributed by atoms with Gasteiger partial charge in [0.05, 0.1) is 15.5 Å². The Labute approximate surface area is 181 Å². The number of aryl methyl sites for hydroxylation is 2. The summed E-state index contributed by atoms with van der Waals surface area (Å²) in [6.07, 6.45) is 1.24. The van der Waals surface area contributed by atoms with Gasteiger partial charge in [-0.1, -0.05) is 6.07 Å². The lowest BCUT2D eigenvalue weighted by atomic mass is 10.1. The maximum atomic E-state index is 12.5. The molecule has 0 atom stereocenters. The molecule has 0 spiro atoms. The molecule has 0 fully saturated rings. The Kier molecular flexibility index (Phi) is 6.11. The van der Waals surface area contributed by atoms with Crippen LogP contribution in [0.3, 0.4) is 0 Å². The van der Waals surface area contributed by atoms with Crippen molar-refractivity contribution in [3.8, 4) is 17.4 Å². The lowest BCUT2D eigenvalue weighted by Gasteiger charge is -2.07. The van der Waals surface area contributed by atoms with Gasteiger partial charge in [0, 0.05) is 35.9 Å². The number of nitrogens with one attached hydrogen (secondary N) is 1. The van der Waals surface area contributed by atoms with Crippen molar-refractivity contribution < 1.29 is 19.1 Å². The second-order valence-electron chi connectivity index (χ2n) is 6.84. The molecule has 1 amide bonds. The minimum absolute atomic E-state index is 0.0437. The quantitative estimate of drug-likeness (QED) is 0.251. The number of nitro benzene ring substituents is 2. The van der Waals surface area contributed by atoms with Crippen molar-refractivity contribution >= 4 is 29.0 Å². The fourth-order valence-corrected chi connectivity index (χ4v) is 2.95. The van der Waals surface area contributed by atoms with Crippen LogP contribution in [0.4, 0.5) is 17.1 Å². The molecule has 0 radical (unpaired) electrons. The van der Waals surface area contributed by atoms with Crippen molar-refractivity contribution in [3.05, 3.63) is 91.2 Å². The van der Waals surface area contributed by atoms with Crippen molar-refractivity contribution in [3.63, 3.8) is 0 Å². The molecule has 1 aromatic heterocycles. The maximum absolute atomic E-state index is 12.5. The van der Waals surface area contributed by atoms with Crippen LogP contribution >= 0.6 is 0 Å². The van der Waals surface area contributed by atoms with E-state index in [1.54, 1.807) is 38.1 Å². The van der Waals surface area contributed by atoms with Gasteiger partial charge in [-0.15, -0.1) is 0 Å². The van der Waals surface area contributed by atoms with Gasteiger partial charge in [0.25, 0.3) is 17.3 Å². The topological polar surface area (TPSA) is 152 Å². The van der Waals surface area contributed by atoms with Gasteiger partial charge in [-0.2, -0.15) is 5.26 Å². The minimum atomic E-state index is -0.749. The molecule has 1 heterocycles. The summed E-state index contributed by atoms with van der Waals surface area (Å²) in [5, 5.41) is 33.8. The largest absolute Gasteiger partial charge is 0.457 e. The number of hydrogen-bond donors (Lipinski definition) is 1. The Bertz CT molecular complexity index is 1320. The van der Waals surface area contributed by atoms with Gasteiger partial charge in [-0.25, -0.2) is 0 Å². The molecule has 32 heavy (non-hydrogen) atoms. The molecule has 1 N–H and O–H groups in total. The molecule has 0 bridgehead atoms. The van der Waals surface area contributed by atoms with Crippen molar-refractivity contribution in [2.24, 2.45) is 0 Å². The average molecular weight is 432 g/mol. The van der Waals surface area contributed by atoms with E-state index in [0.717, 1.165) is 0 Å². The molecular weight excluding hydrogens is 416 g/mol. The number of carbonyl (C=O) groups is 1. The summed E-state index contributed by atoms with van der Waals surface area (Å²) in [7, 11) is 0. The zero-order valence-electron chi connectivity index (χ0n) is 17.0. The van der Waals surface area contributed by atoms with Gasteiger partial charge >= 0.3 is 0 Å². The fourth-order valence-electron chi connectivity index (χ4n) is 2.95. The number of benzene rings is 2. The fraction of sp³-hybridized carbons (Fsp3) is 0.0909. The molecule has 0 aliphatic carbocycles. The van der Waals surface area contributed by atoms with Crippen LogP contribution in [0.25, 0.3) is 17.4 Å². The third-order valence-electron chi connectivity index (χ3n) is 4.64. The molecule has 160 valence electrons. The predicted octanol–water partition coefficient (Wildman–Crippen LogP) is 4.93. The van der Waals surface area contributed by atoms with Gasteiger partial charge < -0.3 is 9.73 Å². The van der Waals surface area contributed by atoms with Crippen LogP contribution in [0.5, 0.6) is 0 Å². The number of hydrogen-bond acceptors (Lipinski definition) is 7. The van der Waals surface area contributed by atoms with Crippen LogP contribution in [-0.2, 0) is 4.79 Å². The molecule has 10 heteroatoms. The Morgan fingerprint density at radius 3 is 2.28 bits per heavy atom. The highest BCUT2D eigenvalue weighted by Gasteiger charge is 2.16. The molecule has 0 unspecified atom stereocenters. The summed E-state index contributed by atoms with van der Waals surface area (Å²) < 4.78 is 5.69. The summed E-state index contributed by atoms with van der Waals surface area (Å²) in [6.45, 7) is 3.37. The standard InChI is InChI=1S/C22H16N4O6/c1-13-3-4-17(26(30)31)11-20(13)24-22(27)15(12-23)10-18-6-8-21(32-18)19-7-5-16(25(28)29)9-14(19)2/h3-11H,1-2H3,(H,24,27)/b15-10+. The summed E-state index contributed by atoms with van der Waals surface area (Å²) in [5.41, 5.74) is 1.56. The second kappa shape index (κ2) is 8.93. The molecular formula is C22H16N4O6. The van der Waals surface area contributed by atoms with Crippen LogP contribution in [-0.4, -0.2) is 15.8 Å². The summed E-state index contributed by atoms with van der Waals surface area (Å²) >= 11 is 0. The number of furan rings is 1.